The third-order valence-electron chi connectivity index (χ3n) is 3.03. The highest BCUT2D eigenvalue weighted by Gasteiger charge is 2.18. The average Bonchev–Trinajstić information content (AvgIpc) is 2.31. The van der Waals surface area contributed by atoms with Crippen molar-refractivity contribution in [3.05, 3.63) is 23.8 Å². The van der Waals surface area contributed by atoms with Crippen LogP contribution in [0.4, 0.5) is 5.69 Å². The lowest BCUT2D eigenvalue weighted by Gasteiger charge is -2.12. The number of benzene rings is 1. The van der Waals surface area contributed by atoms with Crippen molar-refractivity contribution in [2.75, 3.05) is 18.5 Å². The molecule has 0 aliphatic heterocycles. The fourth-order valence-corrected chi connectivity index (χ4v) is 3.33. The van der Waals surface area contributed by atoms with E-state index >= 15 is 0 Å². The Morgan fingerprint density at radius 2 is 2.05 bits per heavy atom. The monoisotopic (exact) mass is 304 g/mol. The summed E-state index contributed by atoms with van der Waals surface area (Å²) < 4.78 is 37.9. The van der Waals surface area contributed by atoms with Crippen LogP contribution >= 0.6 is 0 Å². The van der Waals surface area contributed by atoms with Gasteiger partial charge in [-0.15, -0.1) is 0 Å². The highest BCUT2D eigenvalue weighted by Crippen LogP contribution is 2.20. The van der Waals surface area contributed by atoms with Crippen LogP contribution in [0.25, 0.3) is 0 Å². The van der Waals surface area contributed by atoms with Crippen molar-refractivity contribution in [2.45, 2.75) is 30.4 Å². The molecule has 2 unspecified atom stereocenters. The van der Waals surface area contributed by atoms with Gasteiger partial charge in [-0.2, -0.15) is 0 Å². The Bertz CT molecular complexity index is 570. The second-order valence-electron chi connectivity index (χ2n) is 4.47. The van der Waals surface area contributed by atoms with Gasteiger partial charge in [-0.3, -0.25) is 4.21 Å². The maximum absolute atomic E-state index is 12.1. The number of rotatable bonds is 6. The average molecular weight is 304 g/mol. The van der Waals surface area contributed by atoms with Crippen molar-refractivity contribution in [3.8, 4) is 0 Å². The molecular weight excluding hydrogens is 284 g/mol. The van der Waals surface area contributed by atoms with Crippen molar-refractivity contribution < 1.29 is 12.6 Å². The van der Waals surface area contributed by atoms with E-state index in [1.807, 2.05) is 6.92 Å². The quantitative estimate of drug-likeness (QED) is 0.768. The standard InChI is InChI=1S/C12H20N2O3S2/c1-9(18(3)15)7-8-14-19(16,17)12-6-4-5-11(13)10(12)2/h4-6,9,14H,7-8,13H2,1-3H3. The minimum atomic E-state index is -3.56. The van der Waals surface area contributed by atoms with Crippen LogP contribution in [-0.2, 0) is 20.8 Å². The molecule has 1 aromatic carbocycles. The summed E-state index contributed by atoms with van der Waals surface area (Å²) in [4.78, 5) is 0.192. The molecule has 0 fully saturated rings. The number of anilines is 1. The van der Waals surface area contributed by atoms with Crippen LogP contribution in [-0.4, -0.2) is 30.7 Å². The normalized spacial score (nSPS) is 15.1. The Balaban J connectivity index is 2.77. The zero-order valence-electron chi connectivity index (χ0n) is 11.3. The van der Waals surface area contributed by atoms with Crippen molar-refractivity contribution in [3.63, 3.8) is 0 Å². The van der Waals surface area contributed by atoms with E-state index in [1.54, 1.807) is 25.3 Å². The van der Waals surface area contributed by atoms with Gasteiger partial charge in [-0.25, -0.2) is 13.1 Å². The topological polar surface area (TPSA) is 89.3 Å². The molecule has 7 heteroatoms. The summed E-state index contributed by atoms with van der Waals surface area (Å²) in [7, 11) is -4.51. The van der Waals surface area contributed by atoms with E-state index in [-0.39, 0.29) is 16.7 Å². The van der Waals surface area contributed by atoms with Gasteiger partial charge >= 0.3 is 0 Å². The third-order valence-corrected chi connectivity index (χ3v) is 6.00. The van der Waals surface area contributed by atoms with E-state index in [4.69, 9.17) is 5.73 Å². The van der Waals surface area contributed by atoms with E-state index in [9.17, 15) is 12.6 Å². The van der Waals surface area contributed by atoms with Crippen LogP contribution in [0.5, 0.6) is 0 Å². The van der Waals surface area contributed by atoms with Crippen molar-refractivity contribution in [2.24, 2.45) is 0 Å². The lowest BCUT2D eigenvalue weighted by molar-refractivity contribution is 0.577. The second kappa shape index (κ2) is 6.49. The maximum atomic E-state index is 12.1. The molecular formula is C12H20N2O3S2. The molecule has 0 saturated carbocycles. The minimum absolute atomic E-state index is 0.0374. The lowest BCUT2D eigenvalue weighted by atomic mass is 10.2. The highest BCUT2D eigenvalue weighted by atomic mass is 32.2. The first-order valence-corrected chi connectivity index (χ1v) is 9.03. The Morgan fingerprint density at radius 3 is 2.63 bits per heavy atom. The first-order chi connectivity index (χ1) is 8.75. The van der Waals surface area contributed by atoms with E-state index in [2.05, 4.69) is 4.72 Å². The van der Waals surface area contributed by atoms with Crippen LogP contribution in [0.3, 0.4) is 0 Å². The molecule has 0 heterocycles. The molecule has 0 aliphatic carbocycles. The molecule has 0 bridgehead atoms. The molecule has 19 heavy (non-hydrogen) atoms. The fraction of sp³-hybridized carbons (Fsp3) is 0.500. The van der Waals surface area contributed by atoms with Crippen molar-refractivity contribution in [1.29, 1.82) is 0 Å². The summed E-state index contributed by atoms with van der Waals surface area (Å²) in [5.74, 6) is 0. The predicted molar refractivity (Wildman–Crippen MR) is 78.9 cm³/mol. The van der Waals surface area contributed by atoms with Gasteiger partial charge in [-0.1, -0.05) is 13.0 Å². The van der Waals surface area contributed by atoms with Gasteiger partial charge in [0, 0.05) is 34.5 Å². The first kappa shape index (κ1) is 16.1. The number of hydrogen-bond acceptors (Lipinski definition) is 4. The fourth-order valence-electron chi connectivity index (χ4n) is 1.56. The molecule has 0 spiro atoms. The van der Waals surface area contributed by atoms with Gasteiger partial charge in [0.2, 0.25) is 10.0 Å². The van der Waals surface area contributed by atoms with E-state index in [0.717, 1.165) is 0 Å². The lowest BCUT2D eigenvalue weighted by Crippen LogP contribution is -2.28. The Labute approximate surface area is 117 Å². The Kier molecular flexibility index (Phi) is 5.51. The van der Waals surface area contributed by atoms with Gasteiger partial charge < -0.3 is 5.73 Å². The maximum Gasteiger partial charge on any atom is 0.240 e. The smallest absolute Gasteiger partial charge is 0.240 e. The molecule has 0 aliphatic rings. The molecule has 0 amide bonds. The number of sulfonamides is 1. The van der Waals surface area contributed by atoms with Gasteiger partial charge in [0.05, 0.1) is 4.90 Å². The number of hydrogen-bond donors (Lipinski definition) is 2. The summed E-state index contributed by atoms with van der Waals surface area (Å²) in [6.07, 6.45) is 2.14. The van der Waals surface area contributed by atoms with E-state index in [1.165, 1.54) is 6.07 Å². The molecule has 0 radical (unpaired) electrons. The van der Waals surface area contributed by atoms with Crippen molar-refractivity contribution >= 4 is 26.5 Å². The summed E-state index contributed by atoms with van der Waals surface area (Å²) >= 11 is 0. The first-order valence-electron chi connectivity index (χ1n) is 5.92. The van der Waals surface area contributed by atoms with Crippen LogP contribution < -0.4 is 10.5 Å². The van der Waals surface area contributed by atoms with E-state index in [0.29, 0.717) is 17.7 Å². The predicted octanol–water partition coefficient (Wildman–Crippen LogP) is 1.01. The van der Waals surface area contributed by atoms with Crippen LogP contribution in [0, 0.1) is 6.92 Å². The molecule has 1 rings (SSSR count). The van der Waals surface area contributed by atoms with Crippen LogP contribution in [0.15, 0.2) is 23.1 Å². The van der Waals surface area contributed by atoms with E-state index < -0.39 is 20.8 Å². The van der Waals surface area contributed by atoms with Crippen LogP contribution in [0.1, 0.15) is 18.9 Å². The summed E-state index contributed by atoms with van der Waals surface area (Å²) in [6.45, 7) is 3.76. The van der Waals surface area contributed by atoms with Gasteiger partial charge in [0.1, 0.15) is 0 Å². The summed E-state index contributed by atoms with van der Waals surface area (Å²) in [5.41, 5.74) is 6.70. The Hall–Kier alpha value is -0.920. The molecule has 2 atom stereocenters. The Morgan fingerprint density at radius 1 is 1.42 bits per heavy atom. The number of nitrogen functional groups attached to an aromatic ring is 1. The van der Waals surface area contributed by atoms with Crippen LogP contribution in [0.2, 0.25) is 0 Å². The molecule has 108 valence electrons. The molecule has 0 aromatic heterocycles. The van der Waals surface area contributed by atoms with Crippen molar-refractivity contribution in [1.82, 2.24) is 4.72 Å². The number of nitrogens with two attached hydrogens (primary N) is 1. The largest absolute Gasteiger partial charge is 0.398 e. The minimum Gasteiger partial charge on any atom is -0.398 e. The summed E-state index contributed by atoms with van der Waals surface area (Å²) in [5, 5.41) is -0.0374. The van der Waals surface area contributed by atoms with Gasteiger partial charge in [0.15, 0.2) is 0 Å². The summed E-state index contributed by atoms with van der Waals surface area (Å²) in [6, 6.07) is 4.80. The SMILES string of the molecule is Cc1c(N)cccc1S(=O)(=O)NCCC(C)S(C)=O. The third kappa shape index (κ3) is 4.29. The second-order valence-corrected chi connectivity index (χ2v) is 8.00. The molecule has 3 N–H and O–H groups in total. The zero-order chi connectivity index (χ0) is 14.6. The molecule has 5 nitrogen and oxygen atoms in total. The highest BCUT2D eigenvalue weighted by molar-refractivity contribution is 7.89. The van der Waals surface area contributed by atoms with Gasteiger partial charge in [-0.05, 0) is 31.0 Å². The molecule has 1 aromatic rings. The molecule has 0 saturated heterocycles. The van der Waals surface area contributed by atoms with Gasteiger partial charge in [0.25, 0.3) is 0 Å². The zero-order valence-corrected chi connectivity index (χ0v) is 13.0. The number of nitrogens with one attached hydrogen (secondary N) is 1.